The highest BCUT2D eigenvalue weighted by Gasteiger charge is 2.22. The number of carbonyl (C=O) groups excluding carboxylic acids is 2. The number of esters is 1. The number of aliphatic carboxylic acids is 1. The molecule has 1 atom stereocenters. The van der Waals surface area contributed by atoms with Gasteiger partial charge in [-0.3, -0.25) is 14.6 Å². The minimum atomic E-state index is -1.23. The first-order valence-corrected chi connectivity index (χ1v) is 5.83. The fourth-order valence-corrected chi connectivity index (χ4v) is 1.36. The van der Waals surface area contributed by atoms with E-state index in [-0.39, 0.29) is 18.5 Å². The van der Waals surface area contributed by atoms with Crippen molar-refractivity contribution in [2.75, 3.05) is 7.11 Å². The number of carbonyl (C=O) groups is 3. The number of aryl methyl sites for hydroxylation is 1. The molecule has 0 aliphatic carbocycles. The molecule has 1 aromatic heterocycles. The van der Waals surface area contributed by atoms with E-state index in [2.05, 4.69) is 20.0 Å². The maximum Gasteiger partial charge on any atom is 0.326 e. The van der Waals surface area contributed by atoms with Gasteiger partial charge in [-0.25, -0.2) is 9.78 Å². The summed E-state index contributed by atoms with van der Waals surface area (Å²) in [5.41, 5.74) is 0.655. The summed E-state index contributed by atoms with van der Waals surface area (Å²) in [7, 11) is 1.21. The predicted molar refractivity (Wildman–Crippen MR) is 66.9 cm³/mol. The Bertz CT molecular complexity index is 500. The van der Waals surface area contributed by atoms with Gasteiger partial charge < -0.3 is 15.2 Å². The van der Waals surface area contributed by atoms with Crippen LogP contribution in [0.2, 0.25) is 0 Å². The van der Waals surface area contributed by atoms with Crippen LogP contribution in [0.1, 0.15) is 29.0 Å². The standard InChI is InChI=1S/C12H15N3O5/c1-7-5-14-9(6-13-7)11(17)15-8(12(18)19)3-4-10(16)20-2/h5-6,8H,3-4H2,1-2H3,(H,15,17)(H,18,19)/t8-/m1/s1. The molecule has 0 bridgehead atoms. The quantitative estimate of drug-likeness (QED) is 0.700. The minimum absolute atomic E-state index is 0.0138. The fourth-order valence-electron chi connectivity index (χ4n) is 1.36. The van der Waals surface area contributed by atoms with Crippen LogP contribution in [0.3, 0.4) is 0 Å². The van der Waals surface area contributed by atoms with Gasteiger partial charge in [0.05, 0.1) is 19.0 Å². The first-order chi connectivity index (χ1) is 9.43. The molecule has 108 valence electrons. The van der Waals surface area contributed by atoms with Crippen molar-refractivity contribution in [1.29, 1.82) is 0 Å². The number of carboxylic acids is 1. The Labute approximate surface area is 115 Å². The second kappa shape index (κ2) is 7.17. The van der Waals surface area contributed by atoms with Crippen molar-refractivity contribution >= 4 is 17.8 Å². The van der Waals surface area contributed by atoms with Crippen molar-refractivity contribution in [2.45, 2.75) is 25.8 Å². The van der Waals surface area contributed by atoms with Gasteiger partial charge in [0, 0.05) is 12.6 Å². The Kier molecular flexibility index (Phi) is 5.57. The summed E-state index contributed by atoms with van der Waals surface area (Å²) in [4.78, 5) is 41.5. The topological polar surface area (TPSA) is 118 Å². The molecule has 1 aromatic rings. The lowest BCUT2D eigenvalue weighted by Gasteiger charge is -2.13. The van der Waals surface area contributed by atoms with E-state index in [1.54, 1.807) is 6.92 Å². The number of rotatable bonds is 6. The normalized spacial score (nSPS) is 11.5. The number of aromatic nitrogens is 2. The van der Waals surface area contributed by atoms with Crippen molar-refractivity contribution in [2.24, 2.45) is 0 Å². The summed E-state index contributed by atoms with van der Waals surface area (Å²) in [6, 6.07) is -1.19. The lowest BCUT2D eigenvalue weighted by atomic mass is 10.1. The maximum absolute atomic E-state index is 11.8. The summed E-state index contributed by atoms with van der Waals surface area (Å²) in [5, 5.41) is 11.3. The zero-order valence-corrected chi connectivity index (χ0v) is 11.1. The third-order valence-electron chi connectivity index (χ3n) is 2.48. The minimum Gasteiger partial charge on any atom is -0.480 e. The number of methoxy groups -OCH3 is 1. The van der Waals surface area contributed by atoms with Gasteiger partial charge in [-0.05, 0) is 13.3 Å². The van der Waals surface area contributed by atoms with Gasteiger partial charge in [-0.15, -0.1) is 0 Å². The number of nitrogens with zero attached hydrogens (tertiary/aromatic N) is 2. The Morgan fingerprint density at radius 3 is 2.55 bits per heavy atom. The van der Waals surface area contributed by atoms with Gasteiger partial charge in [0.15, 0.2) is 0 Å². The van der Waals surface area contributed by atoms with Crippen molar-refractivity contribution in [3.8, 4) is 0 Å². The Morgan fingerprint density at radius 1 is 1.35 bits per heavy atom. The monoisotopic (exact) mass is 281 g/mol. The van der Waals surface area contributed by atoms with E-state index in [1.165, 1.54) is 19.5 Å². The smallest absolute Gasteiger partial charge is 0.326 e. The summed E-state index contributed by atoms with van der Waals surface area (Å²) in [6.45, 7) is 1.71. The third kappa shape index (κ3) is 4.63. The Morgan fingerprint density at radius 2 is 2.05 bits per heavy atom. The zero-order valence-electron chi connectivity index (χ0n) is 11.1. The van der Waals surface area contributed by atoms with Gasteiger partial charge in [-0.2, -0.15) is 0 Å². The summed E-state index contributed by atoms with van der Waals surface area (Å²) < 4.78 is 4.42. The van der Waals surface area contributed by atoms with E-state index < -0.39 is 23.9 Å². The molecular weight excluding hydrogens is 266 g/mol. The van der Waals surface area contributed by atoms with E-state index in [0.29, 0.717) is 5.69 Å². The predicted octanol–water partition coefficient (Wildman–Crippen LogP) is -0.0788. The number of nitrogens with one attached hydrogen (secondary N) is 1. The number of ether oxygens (including phenoxy) is 1. The average Bonchev–Trinajstić information content (AvgIpc) is 2.43. The molecular formula is C12H15N3O5. The van der Waals surface area contributed by atoms with Gasteiger partial charge in [0.2, 0.25) is 0 Å². The Balaban J connectivity index is 2.65. The molecule has 0 aromatic carbocycles. The molecule has 0 saturated carbocycles. The summed E-state index contributed by atoms with van der Waals surface area (Å²) in [6.07, 6.45) is 2.49. The van der Waals surface area contributed by atoms with Gasteiger partial charge in [-0.1, -0.05) is 0 Å². The van der Waals surface area contributed by atoms with Crippen LogP contribution in [0.15, 0.2) is 12.4 Å². The summed E-state index contributed by atoms with van der Waals surface area (Å²) in [5.74, 6) is -2.43. The molecule has 0 aliphatic rings. The van der Waals surface area contributed by atoms with E-state index in [9.17, 15) is 14.4 Å². The second-order valence-electron chi connectivity index (χ2n) is 4.02. The first-order valence-electron chi connectivity index (χ1n) is 5.83. The van der Waals surface area contributed by atoms with Crippen LogP contribution in [0.4, 0.5) is 0 Å². The van der Waals surface area contributed by atoms with E-state index in [0.717, 1.165) is 0 Å². The fraction of sp³-hybridized carbons (Fsp3) is 0.417. The van der Waals surface area contributed by atoms with Crippen LogP contribution in [-0.2, 0) is 14.3 Å². The molecule has 0 fully saturated rings. The third-order valence-corrected chi connectivity index (χ3v) is 2.48. The van der Waals surface area contributed by atoms with E-state index >= 15 is 0 Å². The first kappa shape index (κ1) is 15.5. The number of hydrogen-bond acceptors (Lipinski definition) is 6. The average molecular weight is 281 g/mol. The highest BCUT2D eigenvalue weighted by molar-refractivity contribution is 5.94. The summed E-state index contributed by atoms with van der Waals surface area (Å²) >= 11 is 0. The molecule has 8 nitrogen and oxygen atoms in total. The number of hydrogen-bond donors (Lipinski definition) is 2. The van der Waals surface area contributed by atoms with Gasteiger partial charge in [0.25, 0.3) is 5.91 Å². The molecule has 0 spiro atoms. The SMILES string of the molecule is COC(=O)CC[C@@H](NC(=O)c1cnc(C)cn1)C(=O)O. The van der Waals surface area contributed by atoms with E-state index in [1.807, 2.05) is 0 Å². The molecule has 1 heterocycles. The van der Waals surface area contributed by atoms with Crippen LogP contribution in [0.25, 0.3) is 0 Å². The second-order valence-corrected chi connectivity index (χ2v) is 4.02. The van der Waals surface area contributed by atoms with Crippen molar-refractivity contribution < 1.29 is 24.2 Å². The lowest BCUT2D eigenvalue weighted by Crippen LogP contribution is -2.41. The molecule has 2 N–H and O–H groups in total. The molecule has 20 heavy (non-hydrogen) atoms. The van der Waals surface area contributed by atoms with Crippen LogP contribution in [-0.4, -0.2) is 46.1 Å². The van der Waals surface area contributed by atoms with Gasteiger partial charge >= 0.3 is 11.9 Å². The van der Waals surface area contributed by atoms with E-state index in [4.69, 9.17) is 5.11 Å². The molecule has 0 saturated heterocycles. The van der Waals surface area contributed by atoms with Crippen molar-refractivity contribution in [3.63, 3.8) is 0 Å². The molecule has 0 radical (unpaired) electrons. The van der Waals surface area contributed by atoms with Gasteiger partial charge in [0.1, 0.15) is 11.7 Å². The molecule has 0 unspecified atom stereocenters. The Hall–Kier alpha value is -2.51. The number of carboxylic acid groups (broad SMARTS) is 1. The maximum atomic E-state index is 11.8. The van der Waals surface area contributed by atoms with Crippen LogP contribution < -0.4 is 5.32 Å². The lowest BCUT2D eigenvalue weighted by molar-refractivity contribution is -0.142. The number of amides is 1. The largest absolute Gasteiger partial charge is 0.480 e. The molecule has 1 amide bonds. The molecule has 1 rings (SSSR count). The van der Waals surface area contributed by atoms with Crippen LogP contribution >= 0.6 is 0 Å². The van der Waals surface area contributed by atoms with Crippen LogP contribution in [0, 0.1) is 6.92 Å². The van der Waals surface area contributed by atoms with Crippen molar-refractivity contribution in [1.82, 2.24) is 15.3 Å². The molecule has 0 aliphatic heterocycles. The van der Waals surface area contributed by atoms with Crippen molar-refractivity contribution in [3.05, 3.63) is 23.8 Å². The molecule has 8 heteroatoms. The van der Waals surface area contributed by atoms with Crippen LogP contribution in [0.5, 0.6) is 0 Å². The highest BCUT2D eigenvalue weighted by Crippen LogP contribution is 2.02. The zero-order chi connectivity index (χ0) is 15.1. The highest BCUT2D eigenvalue weighted by atomic mass is 16.5.